The molecule has 0 saturated heterocycles. The quantitative estimate of drug-likeness (QED) is 0.129. The number of β-amino-alcohol motifs (C(OH)–C–C–N with tert-alkyl or cyclic N) is 1. The predicted molar refractivity (Wildman–Crippen MR) is 196 cm³/mol. The number of carboxylic acid groups (broad SMARTS) is 1. The Balaban J connectivity index is 1.35. The van der Waals surface area contributed by atoms with Gasteiger partial charge in [-0.05, 0) is 71.3 Å². The number of hydrogen-bond donors (Lipinski definition) is 9. The number of ketones is 1. The van der Waals surface area contributed by atoms with E-state index in [1.165, 1.54) is 12.1 Å². The molecule has 0 aromatic heterocycles. The molecule has 13 nitrogen and oxygen atoms in total. The number of rotatable bonds is 12. The first-order chi connectivity index (χ1) is 24.1. The van der Waals surface area contributed by atoms with Gasteiger partial charge < -0.3 is 46.8 Å². The minimum Gasteiger partial charge on any atom is -0.508 e. The standard InChI is InChI=1S/C37H44BrN5O8/c1-37(2,3)21-10-20(11-22(38)14-21)32(27(35(50)51)16-30(47)33-34(49)26-6-4-5-7-28(26)42-33)43-31(48)9-8-29(46)19-12-23(15-24(44)13-19)41-36-39-17-25(45)18-40-36/h4-7,10-15,25,27,29-30,32-33,42,44-47H,8-9,16-18H2,1-3H3,(H,43,48)(H,50,51)(H2,39,40,41)/t27-,29?,30?,32?,33?/m0/s1. The number of anilines is 2. The van der Waals surface area contributed by atoms with Crippen LogP contribution in [0.25, 0.3) is 0 Å². The van der Waals surface area contributed by atoms with Crippen molar-refractivity contribution in [1.82, 2.24) is 10.6 Å². The van der Waals surface area contributed by atoms with E-state index in [4.69, 9.17) is 0 Å². The largest absolute Gasteiger partial charge is 0.508 e. The number of nitrogens with zero attached hydrogens (tertiary/aromatic N) is 1. The van der Waals surface area contributed by atoms with Gasteiger partial charge in [0, 0.05) is 40.4 Å². The molecule has 9 N–H and O–H groups in total. The number of aliphatic hydroxyl groups excluding tert-OH is 3. The molecule has 0 spiro atoms. The summed E-state index contributed by atoms with van der Waals surface area (Å²) in [6.45, 7) is 6.54. The van der Waals surface area contributed by atoms with Gasteiger partial charge in [-0.1, -0.05) is 54.9 Å². The molecule has 2 heterocycles. The Morgan fingerprint density at radius 3 is 2.47 bits per heavy atom. The van der Waals surface area contributed by atoms with E-state index in [1.807, 2.05) is 32.9 Å². The number of phenolic OH excluding ortho intramolecular Hbond substituents is 1. The molecule has 14 heteroatoms. The molecule has 2 aliphatic rings. The van der Waals surface area contributed by atoms with Crippen molar-refractivity contribution in [2.75, 3.05) is 23.7 Å². The first-order valence-corrected chi connectivity index (χ1v) is 17.5. The number of carboxylic acids is 1. The van der Waals surface area contributed by atoms with E-state index in [9.17, 15) is 39.9 Å². The van der Waals surface area contributed by atoms with Crippen molar-refractivity contribution in [2.45, 2.75) is 75.8 Å². The van der Waals surface area contributed by atoms with E-state index in [1.54, 1.807) is 36.4 Å². The van der Waals surface area contributed by atoms with E-state index in [0.717, 1.165) is 5.56 Å². The summed E-state index contributed by atoms with van der Waals surface area (Å²) in [7, 11) is 0. The van der Waals surface area contributed by atoms with Gasteiger partial charge in [-0.25, -0.2) is 0 Å². The third kappa shape index (κ3) is 9.44. The summed E-state index contributed by atoms with van der Waals surface area (Å²) < 4.78 is 0.672. The average Bonchev–Trinajstić information content (AvgIpc) is 3.41. The number of carbonyl (C=O) groups is 3. The van der Waals surface area contributed by atoms with Crippen LogP contribution in [0, 0.1) is 5.92 Å². The third-order valence-corrected chi connectivity index (χ3v) is 9.50. The number of hydrogen-bond acceptors (Lipinski definition) is 11. The zero-order chi connectivity index (χ0) is 37.0. The van der Waals surface area contributed by atoms with Crippen LogP contribution in [0.15, 0.2) is 70.1 Å². The fraction of sp³-hybridized carbons (Fsp3) is 0.405. The van der Waals surface area contributed by atoms with Crippen LogP contribution in [0.4, 0.5) is 11.4 Å². The van der Waals surface area contributed by atoms with Crippen molar-refractivity contribution in [3.8, 4) is 5.75 Å². The van der Waals surface area contributed by atoms with Gasteiger partial charge in [0.25, 0.3) is 0 Å². The van der Waals surface area contributed by atoms with E-state index in [2.05, 4.69) is 42.2 Å². The smallest absolute Gasteiger partial charge is 0.309 e. The van der Waals surface area contributed by atoms with Crippen molar-refractivity contribution in [1.29, 1.82) is 0 Å². The van der Waals surface area contributed by atoms with Crippen molar-refractivity contribution >= 4 is 50.9 Å². The first-order valence-electron chi connectivity index (χ1n) is 16.8. The summed E-state index contributed by atoms with van der Waals surface area (Å²) in [5, 5.41) is 64.6. The SMILES string of the molecule is CC(C)(C)c1cc(Br)cc(C(NC(=O)CCC(O)c2cc(O)cc(NC3=NCC(O)CN3)c2)[C@H](CC(O)C2Nc3ccccc3C2=O)C(=O)O)c1. The van der Waals surface area contributed by atoms with Gasteiger partial charge in [-0.15, -0.1) is 0 Å². The Morgan fingerprint density at radius 2 is 1.80 bits per heavy atom. The highest BCUT2D eigenvalue weighted by molar-refractivity contribution is 9.10. The molecule has 51 heavy (non-hydrogen) atoms. The number of Topliss-reactive ketones (excluding diaryl/α,β-unsaturated/α-hetero) is 1. The summed E-state index contributed by atoms with van der Waals surface area (Å²) in [5.41, 5.74) is 2.78. The molecule has 0 fully saturated rings. The summed E-state index contributed by atoms with van der Waals surface area (Å²) in [4.78, 5) is 43.8. The number of amides is 1. The van der Waals surface area contributed by atoms with E-state index in [-0.39, 0.29) is 42.8 Å². The molecule has 272 valence electrons. The monoisotopic (exact) mass is 765 g/mol. The number of aliphatic hydroxyl groups is 3. The minimum atomic E-state index is -1.39. The molecular weight excluding hydrogens is 722 g/mol. The fourth-order valence-corrected chi connectivity index (χ4v) is 6.75. The molecule has 3 aromatic rings. The van der Waals surface area contributed by atoms with Gasteiger partial charge in [0.15, 0.2) is 11.7 Å². The first kappa shape index (κ1) is 37.7. The van der Waals surface area contributed by atoms with Crippen LogP contribution >= 0.6 is 15.9 Å². The molecule has 0 radical (unpaired) electrons. The molecule has 5 rings (SSSR count). The molecular formula is C37H44BrN5O8. The number of nitrogens with one attached hydrogen (secondary N) is 4. The molecule has 0 saturated carbocycles. The number of aromatic hydroxyl groups is 1. The average molecular weight is 767 g/mol. The lowest BCUT2D eigenvalue weighted by Gasteiger charge is -2.30. The number of halogens is 1. The summed E-state index contributed by atoms with van der Waals surface area (Å²) in [5.74, 6) is -3.23. The van der Waals surface area contributed by atoms with Crippen LogP contribution in [0.2, 0.25) is 0 Å². The number of benzene rings is 3. The van der Waals surface area contributed by atoms with Gasteiger partial charge in [0.2, 0.25) is 5.91 Å². The Labute approximate surface area is 304 Å². The second kappa shape index (κ2) is 15.8. The lowest BCUT2D eigenvalue weighted by molar-refractivity contribution is -0.144. The summed E-state index contributed by atoms with van der Waals surface area (Å²) in [6, 6.07) is 14.5. The number of guanidine groups is 1. The normalized spacial score (nSPS) is 19.4. The maximum absolute atomic E-state index is 13.6. The van der Waals surface area contributed by atoms with Crippen LogP contribution in [0.5, 0.6) is 5.75 Å². The topological polar surface area (TPSA) is 213 Å². The van der Waals surface area contributed by atoms with Crippen LogP contribution in [-0.2, 0) is 15.0 Å². The number of fused-ring (bicyclic) bond motifs is 1. The zero-order valence-electron chi connectivity index (χ0n) is 28.6. The van der Waals surface area contributed by atoms with Crippen LogP contribution in [0.3, 0.4) is 0 Å². The number of phenols is 1. The fourth-order valence-electron chi connectivity index (χ4n) is 6.24. The second-order valence-corrected chi connectivity index (χ2v) is 15.0. The van der Waals surface area contributed by atoms with Gasteiger partial charge >= 0.3 is 5.97 Å². The number of aliphatic carboxylic acids is 1. The Hall–Kier alpha value is -4.50. The third-order valence-electron chi connectivity index (χ3n) is 9.05. The van der Waals surface area contributed by atoms with Gasteiger partial charge in [-0.2, -0.15) is 0 Å². The van der Waals surface area contributed by atoms with Gasteiger partial charge in [0.1, 0.15) is 11.8 Å². The van der Waals surface area contributed by atoms with Crippen molar-refractivity contribution < 1.29 is 39.9 Å². The lowest BCUT2D eigenvalue weighted by Crippen LogP contribution is -2.43. The Morgan fingerprint density at radius 1 is 1.06 bits per heavy atom. The van der Waals surface area contributed by atoms with Gasteiger partial charge in [0.05, 0.1) is 36.8 Å². The Kier molecular flexibility index (Phi) is 11.7. The summed E-state index contributed by atoms with van der Waals surface area (Å²) in [6.07, 6.45) is -3.77. The highest BCUT2D eigenvalue weighted by Crippen LogP contribution is 2.36. The summed E-state index contributed by atoms with van der Waals surface area (Å²) >= 11 is 3.53. The van der Waals surface area contributed by atoms with Crippen LogP contribution in [-0.4, -0.2) is 80.5 Å². The molecule has 2 aliphatic heterocycles. The molecule has 1 amide bonds. The zero-order valence-corrected chi connectivity index (χ0v) is 30.1. The minimum absolute atomic E-state index is 0.0579. The van der Waals surface area contributed by atoms with Gasteiger partial charge in [-0.3, -0.25) is 19.4 Å². The number of carbonyl (C=O) groups excluding carboxylic acids is 2. The molecule has 6 atom stereocenters. The van der Waals surface area contributed by atoms with Crippen LogP contribution in [0.1, 0.15) is 79.2 Å². The predicted octanol–water partition coefficient (Wildman–Crippen LogP) is 3.98. The second-order valence-electron chi connectivity index (χ2n) is 14.1. The van der Waals surface area contributed by atoms with E-state index >= 15 is 0 Å². The maximum Gasteiger partial charge on any atom is 0.309 e. The molecule has 0 aliphatic carbocycles. The number of para-hydroxylation sites is 1. The van der Waals surface area contributed by atoms with Crippen molar-refractivity contribution in [2.24, 2.45) is 10.9 Å². The lowest BCUT2D eigenvalue weighted by atomic mass is 9.82. The molecule has 3 aromatic carbocycles. The highest BCUT2D eigenvalue weighted by Gasteiger charge is 2.40. The van der Waals surface area contributed by atoms with Crippen LogP contribution < -0.4 is 21.3 Å². The molecule has 0 bridgehead atoms. The van der Waals surface area contributed by atoms with Crippen molar-refractivity contribution in [3.63, 3.8) is 0 Å². The Bertz CT molecular complexity index is 1810. The van der Waals surface area contributed by atoms with E-state index in [0.29, 0.717) is 45.0 Å². The van der Waals surface area contributed by atoms with Crippen molar-refractivity contribution in [3.05, 3.63) is 87.4 Å². The molecule has 5 unspecified atom stereocenters. The maximum atomic E-state index is 13.6. The van der Waals surface area contributed by atoms with E-state index < -0.39 is 48.2 Å². The highest BCUT2D eigenvalue weighted by atomic mass is 79.9. The number of aliphatic imine (C=N–C) groups is 1.